The van der Waals surface area contributed by atoms with E-state index in [0.717, 1.165) is 28.4 Å². The molecule has 1 N–H and O–H groups in total. The lowest BCUT2D eigenvalue weighted by Crippen LogP contribution is -2.42. The van der Waals surface area contributed by atoms with E-state index in [1.807, 2.05) is 31.2 Å². The Bertz CT molecular complexity index is 1020. The molecule has 1 saturated carbocycles. The molecule has 0 bridgehead atoms. The SMILES string of the molecule is Cc1ccc(S(=O)(=O)NC2CC2)cc1C(=O)N1CCOC(c2ccc(Br)cc2)C1. The van der Waals surface area contributed by atoms with E-state index >= 15 is 0 Å². The average molecular weight is 479 g/mol. The molecule has 1 aliphatic heterocycles. The zero-order valence-corrected chi connectivity index (χ0v) is 18.5. The van der Waals surface area contributed by atoms with E-state index in [4.69, 9.17) is 4.74 Å². The lowest BCUT2D eigenvalue weighted by Gasteiger charge is -2.33. The highest BCUT2D eigenvalue weighted by Gasteiger charge is 2.30. The van der Waals surface area contributed by atoms with Gasteiger partial charge in [0.1, 0.15) is 6.10 Å². The van der Waals surface area contributed by atoms with Crippen molar-refractivity contribution in [2.24, 2.45) is 0 Å². The van der Waals surface area contributed by atoms with Crippen LogP contribution in [0.15, 0.2) is 51.8 Å². The van der Waals surface area contributed by atoms with Crippen molar-refractivity contribution >= 4 is 31.9 Å². The quantitative estimate of drug-likeness (QED) is 0.714. The van der Waals surface area contributed by atoms with Crippen LogP contribution in [0.3, 0.4) is 0 Å². The Kier molecular flexibility index (Phi) is 5.79. The van der Waals surface area contributed by atoms with Gasteiger partial charge in [-0.1, -0.05) is 34.1 Å². The van der Waals surface area contributed by atoms with Crippen LogP contribution in [0.5, 0.6) is 0 Å². The number of halogens is 1. The molecule has 2 aromatic carbocycles. The minimum atomic E-state index is -3.61. The van der Waals surface area contributed by atoms with E-state index in [1.165, 1.54) is 6.07 Å². The van der Waals surface area contributed by atoms with Crippen LogP contribution >= 0.6 is 15.9 Å². The second-order valence-electron chi connectivity index (χ2n) is 7.53. The molecule has 2 aromatic rings. The molecule has 1 heterocycles. The number of sulfonamides is 1. The van der Waals surface area contributed by atoms with E-state index in [1.54, 1.807) is 17.0 Å². The highest BCUT2D eigenvalue weighted by atomic mass is 79.9. The number of hydrogen-bond acceptors (Lipinski definition) is 4. The molecule has 1 saturated heterocycles. The highest BCUT2D eigenvalue weighted by Crippen LogP contribution is 2.27. The normalized spacial score (nSPS) is 19.9. The molecule has 8 heteroatoms. The van der Waals surface area contributed by atoms with Crippen LogP contribution in [0.4, 0.5) is 0 Å². The zero-order chi connectivity index (χ0) is 20.6. The first kappa shape index (κ1) is 20.5. The van der Waals surface area contributed by atoms with Gasteiger partial charge >= 0.3 is 0 Å². The maximum absolute atomic E-state index is 13.2. The summed E-state index contributed by atoms with van der Waals surface area (Å²) in [5.41, 5.74) is 2.18. The van der Waals surface area contributed by atoms with Crippen molar-refractivity contribution in [1.29, 1.82) is 0 Å². The Morgan fingerprint density at radius 2 is 1.90 bits per heavy atom. The predicted octanol–water partition coefficient (Wildman–Crippen LogP) is 3.41. The van der Waals surface area contributed by atoms with Crippen LogP contribution in [0.2, 0.25) is 0 Å². The molecule has 0 radical (unpaired) electrons. The number of ether oxygens (including phenoxy) is 1. The van der Waals surface area contributed by atoms with Crippen LogP contribution in [0, 0.1) is 6.92 Å². The number of hydrogen-bond donors (Lipinski definition) is 1. The lowest BCUT2D eigenvalue weighted by atomic mass is 10.0. The number of benzene rings is 2. The number of nitrogens with zero attached hydrogens (tertiary/aromatic N) is 1. The highest BCUT2D eigenvalue weighted by molar-refractivity contribution is 9.10. The smallest absolute Gasteiger partial charge is 0.254 e. The first-order valence-electron chi connectivity index (χ1n) is 9.63. The molecule has 2 fully saturated rings. The number of carbonyl (C=O) groups is 1. The topological polar surface area (TPSA) is 75.7 Å². The first-order valence-corrected chi connectivity index (χ1v) is 11.9. The summed E-state index contributed by atoms with van der Waals surface area (Å²) in [6.45, 7) is 3.16. The van der Waals surface area contributed by atoms with Gasteiger partial charge in [-0.25, -0.2) is 13.1 Å². The van der Waals surface area contributed by atoms with Crippen LogP contribution in [0.25, 0.3) is 0 Å². The second-order valence-corrected chi connectivity index (χ2v) is 10.2. The molecule has 0 aromatic heterocycles. The van der Waals surface area contributed by atoms with Gasteiger partial charge in [-0.2, -0.15) is 0 Å². The largest absolute Gasteiger partial charge is 0.370 e. The molecule has 2 aliphatic rings. The van der Waals surface area contributed by atoms with Gasteiger partial charge in [-0.15, -0.1) is 0 Å². The summed E-state index contributed by atoms with van der Waals surface area (Å²) in [6, 6.07) is 12.6. The number of morpholine rings is 1. The van der Waals surface area contributed by atoms with Gasteiger partial charge in [0.15, 0.2) is 0 Å². The zero-order valence-electron chi connectivity index (χ0n) is 16.1. The summed E-state index contributed by atoms with van der Waals surface area (Å²) in [4.78, 5) is 15.1. The molecule has 6 nitrogen and oxygen atoms in total. The second kappa shape index (κ2) is 8.18. The van der Waals surface area contributed by atoms with Gasteiger partial charge < -0.3 is 9.64 Å². The van der Waals surface area contributed by atoms with Gasteiger partial charge in [-0.3, -0.25) is 4.79 Å². The van der Waals surface area contributed by atoms with E-state index in [9.17, 15) is 13.2 Å². The molecule has 1 amide bonds. The predicted molar refractivity (Wildman–Crippen MR) is 113 cm³/mol. The van der Waals surface area contributed by atoms with Crippen LogP contribution in [-0.2, 0) is 14.8 Å². The van der Waals surface area contributed by atoms with E-state index in [2.05, 4.69) is 20.7 Å². The molecule has 29 heavy (non-hydrogen) atoms. The summed E-state index contributed by atoms with van der Waals surface area (Å²) in [7, 11) is -3.61. The third kappa shape index (κ3) is 4.71. The van der Waals surface area contributed by atoms with Crippen molar-refractivity contribution in [3.8, 4) is 0 Å². The molecule has 0 spiro atoms. The van der Waals surface area contributed by atoms with E-state index in [-0.39, 0.29) is 22.9 Å². The Balaban J connectivity index is 1.55. The summed E-state index contributed by atoms with van der Waals surface area (Å²) in [6.07, 6.45) is 1.52. The maximum Gasteiger partial charge on any atom is 0.254 e. The molecular formula is C21H23BrN2O4S. The monoisotopic (exact) mass is 478 g/mol. The molecule has 1 atom stereocenters. The minimum absolute atomic E-state index is 0.0198. The molecule has 4 rings (SSSR count). The van der Waals surface area contributed by atoms with Gasteiger partial charge in [0, 0.05) is 22.6 Å². The van der Waals surface area contributed by atoms with Crippen molar-refractivity contribution < 1.29 is 17.9 Å². The van der Waals surface area contributed by atoms with Crippen molar-refractivity contribution in [3.05, 3.63) is 63.6 Å². The average Bonchev–Trinajstić information content (AvgIpc) is 3.51. The Morgan fingerprint density at radius 1 is 1.17 bits per heavy atom. The summed E-state index contributed by atoms with van der Waals surface area (Å²) < 4.78 is 34.6. The Hall–Kier alpha value is -1.74. The van der Waals surface area contributed by atoms with Gasteiger partial charge in [0.05, 0.1) is 18.0 Å². The van der Waals surface area contributed by atoms with Gasteiger partial charge in [-0.05, 0) is 55.2 Å². The van der Waals surface area contributed by atoms with Gasteiger partial charge in [0.2, 0.25) is 10.0 Å². The fourth-order valence-corrected chi connectivity index (χ4v) is 4.97. The summed E-state index contributed by atoms with van der Waals surface area (Å²) in [5, 5.41) is 0. The number of rotatable bonds is 5. The number of amides is 1. The molecule has 1 aliphatic carbocycles. The third-order valence-electron chi connectivity index (χ3n) is 5.24. The maximum atomic E-state index is 13.2. The number of nitrogens with one attached hydrogen (secondary N) is 1. The van der Waals surface area contributed by atoms with Crippen LogP contribution < -0.4 is 4.72 Å². The molecule has 1 unspecified atom stereocenters. The minimum Gasteiger partial charge on any atom is -0.370 e. The van der Waals surface area contributed by atoms with Crippen molar-refractivity contribution in [2.45, 2.75) is 36.8 Å². The van der Waals surface area contributed by atoms with Crippen molar-refractivity contribution in [3.63, 3.8) is 0 Å². The molecular weight excluding hydrogens is 456 g/mol. The fraction of sp³-hybridized carbons (Fsp3) is 0.381. The first-order chi connectivity index (χ1) is 13.8. The van der Waals surface area contributed by atoms with Gasteiger partial charge in [0.25, 0.3) is 5.91 Å². The van der Waals surface area contributed by atoms with Crippen LogP contribution in [0.1, 0.15) is 40.4 Å². The Labute approximate surface area is 179 Å². The summed E-state index contributed by atoms with van der Waals surface area (Å²) >= 11 is 3.42. The molecule has 154 valence electrons. The standard InChI is InChI=1S/C21H23BrN2O4S/c1-14-2-9-18(29(26,27)23-17-7-8-17)12-19(14)21(25)24-10-11-28-20(13-24)15-3-5-16(22)6-4-15/h2-6,9,12,17,20,23H,7-8,10-11,13H2,1H3. The number of aryl methyl sites for hydroxylation is 1. The fourth-order valence-electron chi connectivity index (χ4n) is 3.37. The van der Waals surface area contributed by atoms with E-state index in [0.29, 0.717) is 25.3 Å². The van der Waals surface area contributed by atoms with Crippen molar-refractivity contribution in [1.82, 2.24) is 9.62 Å². The summed E-state index contributed by atoms with van der Waals surface area (Å²) in [5.74, 6) is -0.170. The third-order valence-corrected chi connectivity index (χ3v) is 7.29. The van der Waals surface area contributed by atoms with Crippen molar-refractivity contribution in [2.75, 3.05) is 19.7 Å². The van der Waals surface area contributed by atoms with Crippen LogP contribution in [-0.4, -0.2) is 45.0 Å². The lowest BCUT2D eigenvalue weighted by molar-refractivity contribution is -0.0228. The van der Waals surface area contributed by atoms with E-state index < -0.39 is 10.0 Å². The number of carbonyl (C=O) groups excluding carboxylic acids is 1. The Morgan fingerprint density at radius 3 is 2.59 bits per heavy atom.